The molecule has 20 heavy (non-hydrogen) atoms. The van der Waals surface area contributed by atoms with E-state index in [0.29, 0.717) is 11.8 Å². The van der Waals surface area contributed by atoms with E-state index in [1.807, 2.05) is 0 Å². The highest BCUT2D eigenvalue weighted by atomic mass is 32.2. The summed E-state index contributed by atoms with van der Waals surface area (Å²) in [6.45, 7) is 2.80. The Labute approximate surface area is 124 Å². The van der Waals surface area contributed by atoms with Gasteiger partial charge in [0.15, 0.2) is 6.29 Å². The lowest BCUT2D eigenvalue weighted by Crippen LogP contribution is -2.23. The van der Waals surface area contributed by atoms with E-state index in [-0.39, 0.29) is 6.29 Å². The highest BCUT2D eigenvalue weighted by Crippen LogP contribution is 2.36. The first-order valence-corrected chi connectivity index (χ1v) is 8.13. The molecule has 0 saturated heterocycles. The van der Waals surface area contributed by atoms with Gasteiger partial charge in [-0.05, 0) is 29.2 Å². The molecule has 114 valence electrons. The lowest BCUT2D eigenvalue weighted by molar-refractivity contribution is -0.113. The molecule has 0 aromatic carbocycles. The zero-order valence-corrected chi connectivity index (χ0v) is 13.3. The maximum Gasteiger partial charge on any atom is 0.209 e. The van der Waals surface area contributed by atoms with Crippen molar-refractivity contribution in [2.24, 2.45) is 5.92 Å². The molecule has 1 saturated carbocycles. The van der Waals surface area contributed by atoms with Crippen molar-refractivity contribution in [2.75, 3.05) is 14.2 Å². The van der Waals surface area contributed by atoms with Crippen LogP contribution in [0.1, 0.15) is 39.0 Å². The number of nitrogens with zero attached hydrogens (tertiary/aromatic N) is 4. The van der Waals surface area contributed by atoms with E-state index in [1.54, 1.807) is 30.7 Å². The van der Waals surface area contributed by atoms with Crippen molar-refractivity contribution in [3.63, 3.8) is 0 Å². The van der Waals surface area contributed by atoms with Crippen LogP contribution in [0, 0.1) is 5.92 Å². The summed E-state index contributed by atoms with van der Waals surface area (Å²) in [6.07, 6.45) is 6.17. The van der Waals surface area contributed by atoms with Crippen LogP contribution in [0.4, 0.5) is 0 Å². The summed E-state index contributed by atoms with van der Waals surface area (Å²) in [6, 6.07) is 0. The van der Waals surface area contributed by atoms with Crippen molar-refractivity contribution in [3.8, 4) is 0 Å². The minimum atomic E-state index is -0.312. The van der Waals surface area contributed by atoms with Gasteiger partial charge < -0.3 is 9.47 Å². The summed E-state index contributed by atoms with van der Waals surface area (Å²) in [7, 11) is 3.25. The average Bonchev–Trinajstić information content (AvgIpc) is 2.92. The fraction of sp³-hybridized carbons (Fsp3) is 0.923. The van der Waals surface area contributed by atoms with Crippen molar-refractivity contribution >= 4 is 11.8 Å². The van der Waals surface area contributed by atoms with Gasteiger partial charge in [-0.3, -0.25) is 0 Å². The van der Waals surface area contributed by atoms with E-state index < -0.39 is 0 Å². The standard InChI is InChI=1S/C13H24N4O2S/c1-4-10-6-5-7-11(8-10)20-13-14-15-16-17(13)9-12(18-2)19-3/h10-12H,4-9H2,1-3H3. The van der Waals surface area contributed by atoms with Crippen LogP contribution in [0.25, 0.3) is 0 Å². The SMILES string of the molecule is CCC1CCCC(Sc2nnnn2CC(OC)OC)C1. The summed E-state index contributed by atoms with van der Waals surface area (Å²) in [5.41, 5.74) is 0. The Morgan fingerprint density at radius 3 is 2.85 bits per heavy atom. The van der Waals surface area contributed by atoms with Gasteiger partial charge in [-0.1, -0.05) is 37.9 Å². The van der Waals surface area contributed by atoms with Crippen LogP contribution < -0.4 is 0 Å². The molecule has 1 aromatic heterocycles. The molecule has 2 unspecified atom stereocenters. The quantitative estimate of drug-likeness (QED) is 0.720. The highest BCUT2D eigenvalue weighted by molar-refractivity contribution is 7.99. The Bertz CT molecular complexity index is 397. The van der Waals surface area contributed by atoms with Crippen LogP contribution in [0.2, 0.25) is 0 Å². The van der Waals surface area contributed by atoms with Crippen LogP contribution in [0.3, 0.4) is 0 Å². The number of thioether (sulfide) groups is 1. The van der Waals surface area contributed by atoms with Crippen molar-refractivity contribution < 1.29 is 9.47 Å². The Morgan fingerprint density at radius 1 is 1.35 bits per heavy atom. The zero-order chi connectivity index (χ0) is 14.4. The second kappa shape index (κ2) is 7.95. The predicted octanol–water partition coefficient (Wildman–Crippen LogP) is 2.35. The van der Waals surface area contributed by atoms with Crippen molar-refractivity contribution in [2.45, 2.75) is 62.3 Å². The van der Waals surface area contributed by atoms with Crippen LogP contribution in [-0.2, 0) is 16.0 Å². The molecule has 1 fully saturated rings. The number of tetrazole rings is 1. The van der Waals surface area contributed by atoms with Gasteiger partial charge in [0.1, 0.15) is 0 Å². The molecule has 1 aliphatic rings. The molecule has 1 heterocycles. The first kappa shape index (κ1) is 15.7. The Kier molecular flexibility index (Phi) is 6.25. The summed E-state index contributed by atoms with van der Waals surface area (Å²) in [5.74, 6) is 0.858. The van der Waals surface area contributed by atoms with Gasteiger partial charge in [0, 0.05) is 19.5 Å². The topological polar surface area (TPSA) is 62.1 Å². The molecule has 1 aromatic rings. The molecule has 0 spiro atoms. The third-order valence-corrected chi connectivity index (χ3v) is 5.20. The molecule has 7 heteroatoms. The van der Waals surface area contributed by atoms with Gasteiger partial charge in [-0.15, -0.1) is 5.10 Å². The molecule has 2 atom stereocenters. The molecule has 0 N–H and O–H groups in total. The Morgan fingerprint density at radius 2 is 2.15 bits per heavy atom. The fourth-order valence-electron chi connectivity index (χ4n) is 2.65. The first-order chi connectivity index (χ1) is 9.76. The van der Waals surface area contributed by atoms with E-state index >= 15 is 0 Å². The fourth-order valence-corrected chi connectivity index (χ4v) is 3.92. The third kappa shape index (κ3) is 4.17. The van der Waals surface area contributed by atoms with Crippen LogP contribution in [0.15, 0.2) is 5.16 Å². The van der Waals surface area contributed by atoms with E-state index in [4.69, 9.17) is 9.47 Å². The number of aromatic nitrogens is 4. The molecule has 0 radical (unpaired) electrons. The van der Waals surface area contributed by atoms with Gasteiger partial charge in [0.2, 0.25) is 5.16 Å². The number of hydrogen-bond acceptors (Lipinski definition) is 6. The summed E-state index contributed by atoms with van der Waals surface area (Å²) >= 11 is 1.80. The predicted molar refractivity (Wildman–Crippen MR) is 77.5 cm³/mol. The van der Waals surface area contributed by atoms with Crippen molar-refractivity contribution in [3.05, 3.63) is 0 Å². The van der Waals surface area contributed by atoms with Crippen LogP contribution in [0.5, 0.6) is 0 Å². The van der Waals surface area contributed by atoms with Gasteiger partial charge in [0.25, 0.3) is 0 Å². The van der Waals surface area contributed by atoms with E-state index in [9.17, 15) is 0 Å². The van der Waals surface area contributed by atoms with Crippen molar-refractivity contribution in [1.82, 2.24) is 20.2 Å². The monoisotopic (exact) mass is 300 g/mol. The van der Waals surface area contributed by atoms with Crippen molar-refractivity contribution in [1.29, 1.82) is 0 Å². The normalized spacial score (nSPS) is 23.4. The summed E-state index contributed by atoms with van der Waals surface area (Å²) in [5, 5.41) is 13.4. The molecule has 0 aliphatic heterocycles. The van der Waals surface area contributed by atoms with E-state index in [2.05, 4.69) is 22.4 Å². The molecule has 1 aliphatic carbocycles. The third-order valence-electron chi connectivity index (χ3n) is 3.93. The van der Waals surface area contributed by atoms with E-state index in [1.165, 1.54) is 32.1 Å². The second-order valence-corrected chi connectivity index (χ2v) is 6.49. The molecular formula is C13H24N4O2S. The van der Waals surface area contributed by atoms with Gasteiger partial charge in [-0.2, -0.15) is 0 Å². The zero-order valence-electron chi connectivity index (χ0n) is 12.5. The van der Waals surface area contributed by atoms with E-state index in [0.717, 1.165) is 11.1 Å². The Hall–Kier alpha value is -0.660. The second-order valence-electron chi connectivity index (χ2n) is 5.23. The lowest BCUT2D eigenvalue weighted by Gasteiger charge is -2.27. The smallest absolute Gasteiger partial charge is 0.209 e. The highest BCUT2D eigenvalue weighted by Gasteiger charge is 2.24. The molecule has 2 rings (SSSR count). The first-order valence-electron chi connectivity index (χ1n) is 7.25. The number of hydrogen-bond donors (Lipinski definition) is 0. The number of rotatable bonds is 7. The maximum atomic E-state index is 5.20. The number of methoxy groups -OCH3 is 2. The minimum Gasteiger partial charge on any atom is -0.354 e. The maximum absolute atomic E-state index is 5.20. The average molecular weight is 300 g/mol. The number of ether oxygens (including phenoxy) is 2. The largest absolute Gasteiger partial charge is 0.354 e. The lowest BCUT2D eigenvalue weighted by atomic mass is 9.87. The van der Waals surface area contributed by atoms with Gasteiger partial charge >= 0.3 is 0 Å². The Balaban J connectivity index is 1.94. The van der Waals surface area contributed by atoms with Crippen LogP contribution in [-0.4, -0.2) is 46.0 Å². The summed E-state index contributed by atoms with van der Waals surface area (Å²) in [4.78, 5) is 0. The summed E-state index contributed by atoms with van der Waals surface area (Å²) < 4.78 is 12.2. The molecule has 0 bridgehead atoms. The van der Waals surface area contributed by atoms with Gasteiger partial charge in [0.05, 0.1) is 6.54 Å². The van der Waals surface area contributed by atoms with Gasteiger partial charge in [-0.25, -0.2) is 4.68 Å². The minimum absolute atomic E-state index is 0.312. The van der Waals surface area contributed by atoms with Crippen LogP contribution >= 0.6 is 11.8 Å². The molecular weight excluding hydrogens is 276 g/mol. The molecule has 6 nitrogen and oxygen atoms in total. The molecule has 0 amide bonds.